The van der Waals surface area contributed by atoms with Crippen molar-refractivity contribution in [3.63, 3.8) is 0 Å². The van der Waals surface area contributed by atoms with Crippen LogP contribution in [0.4, 0.5) is 26.3 Å². The maximum Gasteiger partial charge on any atom is 0.454 e. The van der Waals surface area contributed by atoms with E-state index in [1.807, 2.05) is 48.5 Å². The molecule has 0 amide bonds. The predicted octanol–water partition coefficient (Wildman–Crippen LogP) is 6.75. The number of carbonyl (C=O) groups excluding carboxylic acids is 1. The largest absolute Gasteiger partial charge is 0.492 e. The lowest BCUT2D eigenvalue weighted by molar-refractivity contribution is -0.288. The summed E-state index contributed by atoms with van der Waals surface area (Å²) in [6, 6.07) is 17.3. The molecule has 0 aliphatic carbocycles. The predicted molar refractivity (Wildman–Crippen MR) is 132 cm³/mol. The second kappa shape index (κ2) is 9.48. The minimum atomic E-state index is -5.76. The van der Waals surface area contributed by atoms with Crippen LogP contribution in [-0.4, -0.2) is 62.0 Å². The summed E-state index contributed by atoms with van der Waals surface area (Å²) in [6.45, 7) is -1.81. The fourth-order valence-electron chi connectivity index (χ4n) is 5.30. The summed E-state index contributed by atoms with van der Waals surface area (Å²) in [7, 11) is 0. The summed E-state index contributed by atoms with van der Waals surface area (Å²) in [5.41, 5.74) is -1.86. The summed E-state index contributed by atoms with van der Waals surface area (Å²) in [6.07, 6.45) is -8.19. The third-order valence-corrected chi connectivity index (χ3v) is 7.37. The molecule has 0 spiro atoms. The topological polar surface area (TPSA) is 38.8 Å². The molecule has 10 heteroatoms. The van der Waals surface area contributed by atoms with Crippen molar-refractivity contribution in [3.05, 3.63) is 54.6 Å². The SMILES string of the molecule is CCOC(=O)C1(COc2cc3cccc4ccc5cccc2c5c43)CCN(CC(F)(F)C(F)(F)F)CC1F. The summed E-state index contributed by atoms with van der Waals surface area (Å²) in [5, 5.41) is 5.63. The number of piperidine rings is 1. The highest BCUT2D eigenvalue weighted by Gasteiger charge is 2.60. The summed E-state index contributed by atoms with van der Waals surface area (Å²) in [5.74, 6) is -5.51. The molecule has 202 valence electrons. The van der Waals surface area contributed by atoms with E-state index in [9.17, 15) is 26.7 Å². The molecule has 2 atom stereocenters. The van der Waals surface area contributed by atoms with E-state index >= 15 is 4.39 Å². The zero-order valence-corrected chi connectivity index (χ0v) is 20.5. The van der Waals surface area contributed by atoms with Crippen LogP contribution in [0.1, 0.15) is 13.3 Å². The fraction of sp³-hybridized carbons (Fsp3) is 0.393. The average molecular weight is 538 g/mol. The van der Waals surface area contributed by atoms with E-state index in [4.69, 9.17) is 9.47 Å². The van der Waals surface area contributed by atoms with Gasteiger partial charge in [-0.1, -0.05) is 48.5 Å². The van der Waals surface area contributed by atoms with Gasteiger partial charge >= 0.3 is 18.1 Å². The van der Waals surface area contributed by atoms with Crippen molar-refractivity contribution in [2.24, 2.45) is 5.41 Å². The number of esters is 1. The highest BCUT2D eigenvalue weighted by atomic mass is 19.4. The number of likely N-dealkylation sites (tertiary alicyclic amines) is 1. The van der Waals surface area contributed by atoms with E-state index in [1.165, 1.54) is 0 Å². The molecule has 0 N–H and O–H groups in total. The highest BCUT2D eigenvalue weighted by Crippen LogP contribution is 2.43. The van der Waals surface area contributed by atoms with Crippen molar-refractivity contribution >= 4 is 38.3 Å². The van der Waals surface area contributed by atoms with Gasteiger partial charge in [-0.3, -0.25) is 9.69 Å². The highest BCUT2D eigenvalue weighted by molar-refractivity contribution is 6.24. The van der Waals surface area contributed by atoms with Crippen molar-refractivity contribution in [1.29, 1.82) is 0 Å². The smallest absolute Gasteiger partial charge is 0.454 e. The first-order chi connectivity index (χ1) is 18.0. The molecule has 4 nitrogen and oxygen atoms in total. The Morgan fingerprint density at radius 3 is 2.32 bits per heavy atom. The number of hydrogen-bond acceptors (Lipinski definition) is 4. The average Bonchev–Trinajstić information content (AvgIpc) is 2.86. The molecule has 1 heterocycles. The molecular weight excluding hydrogens is 512 g/mol. The van der Waals surface area contributed by atoms with Gasteiger partial charge in [0, 0.05) is 17.3 Å². The monoisotopic (exact) mass is 537 g/mol. The Balaban J connectivity index is 1.46. The Kier molecular flexibility index (Phi) is 6.57. The molecule has 0 bridgehead atoms. The molecule has 2 unspecified atom stereocenters. The van der Waals surface area contributed by atoms with E-state index in [0.717, 1.165) is 32.3 Å². The Hall–Kier alpha value is -3.27. The Morgan fingerprint density at radius 1 is 1.00 bits per heavy atom. The Bertz CT molecular complexity index is 1470. The molecule has 0 aromatic heterocycles. The van der Waals surface area contributed by atoms with Gasteiger partial charge in [-0.15, -0.1) is 0 Å². The van der Waals surface area contributed by atoms with Crippen LogP contribution in [-0.2, 0) is 9.53 Å². The number of hydrogen-bond donors (Lipinski definition) is 0. The van der Waals surface area contributed by atoms with Gasteiger partial charge in [-0.05, 0) is 47.5 Å². The van der Waals surface area contributed by atoms with Crippen molar-refractivity contribution < 1.29 is 40.6 Å². The van der Waals surface area contributed by atoms with Gasteiger partial charge in [-0.2, -0.15) is 22.0 Å². The van der Waals surface area contributed by atoms with E-state index in [0.29, 0.717) is 10.6 Å². The van der Waals surface area contributed by atoms with Gasteiger partial charge < -0.3 is 9.47 Å². The fourth-order valence-corrected chi connectivity index (χ4v) is 5.30. The standard InChI is InChI=1S/C28H25F6NO3/c1-2-37-25(36)26(11-12-35(14-22(26)29)15-27(30,31)28(32,33)34)16-38-21-13-19-7-3-5-17-9-10-18-6-4-8-20(21)24(18)23(17)19/h3-10,13,22H,2,11-12,14-16H2,1H3. The van der Waals surface area contributed by atoms with Crippen molar-refractivity contribution in [1.82, 2.24) is 4.90 Å². The lowest BCUT2D eigenvalue weighted by Gasteiger charge is -2.42. The lowest BCUT2D eigenvalue weighted by Crippen LogP contribution is -2.59. The van der Waals surface area contributed by atoms with Crippen LogP contribution in [0, 0.1) is 5.41 Å². The van der Waals surface area contributed by atoms with Crippen LogP contribution in [0.25, 0.3) is 32.3 Å². The number of nitrogens with zero attached hydrogens (tertiary/aromatic N) is 1. The van der Waals surface area contributed by atoms with Crippen LogP contribution in [0.15, 0.2) is 54.6 Å². The zero-order chi connectivity index (χ0) is 27.3. The molecule has 1 fully saturated rings. The molecular formula is C28H25F6NO3. The van der Waals surface area contributed by atoms with Crippen LogP contribution in [0.3, 0.4) is 0 Å². The van der Waals surface area contributed by atoms with Gasteiger partial charge in [0.25, 0.3) is 0 Å². The van der Waals surface area contributed by atoms with E-state index in [1.54, 1.807) is 13.0 Å². The van der Waals surface area contributed by atoms with Crippen molar-refractivity contribution in [3.8, 4) is 5.75 Å². The summed E-state index contributed by atoms with van der Waals surface area (Å²) in [4.78, 5) is 13.7. The molecule has 4 aromatic rings. The lowest BCUT2D eigenvalue weighted by atomic mass is 9.77. The van der Waals surface area contributed by atoms with Crippen LogP contribution in [0.2, 0.25) is 0 Å². The van der Waals surface area contributed by atoms with E-state index in [-0.39, 0.29) is 19.6 Å². The first kappa shape index (κ1) is 26.3. The maximum atomic E-state index is 15.6. The Morgan fingerprint density at radius 2 is 1.66 bits per heavy atom. The number of ether oxygens (including phenoxy) is 2. The molecule has 4 aromatic carbocycles. The number of alkyl halides is 6. The number of benzene rings is 4. The molecule has 0 radical (unpaired) electrons. The van der Waals surface area contributed by atoms with Crippen molar-refractivity contribution in [2.45, 2.75) is 31.6 Å². The number of rotatable bonds is 7. The minimum absolute atomic E-state index is 0.0550. The minimum Gasteiger partial charge on any atom is -0.492 e. The first-order valence-corrected chi connectivity index (χ1v) is 12.2. The molecule has 5 rings (SSSR count). The molecule has 38 heavy (non-hydrogen) atoms. The van der Waals surface area contributed by atoms with E-state index in [2.05, 4.69) is 0 Å². The summed E-state index contributed by atoms with van der Waals surface area (Å²) < 4.78 is 92.2. The third kappa shape index (κ3) is 4.38. The Labute approximate surface area is 214 Å². The van der Waals surface area contributed by atoms with E-state index < -0.39 is 49.4 Å². The third-order valence-electron chi connectivity index (χ3n) is 7.37. The zero-order valence-electron chi connectivity index (χ0n) is 20.5. The van der Waals surface area contributed by atoms with Crippen LogP contribution in [0.5, 0.6) is 5.75 Å². The number of halogens is 6. The summed E-state index contributed by atoms with van der Waals surface area (Å²) >= 11 is 0. The quantitative estimate of drug-likeness (QED) is 0.149. The van der Waals surface area contributed by atoms with Gasteiger partial charge in [-0.25, -0.2) is 4.39 Å². The van der Waals surface area contributed by atoms with Crippen molar-refractivity contribution in [2.75, 3.05) is 32.8 Å². The number of carbonyl (C=O) groups is 1. The van der Waals surface area contributed by atoms with Gasteiger partial charge in [0.1, 0.15) is 23.9 Å². The first-order valence-electron chi connectivity index (χ1n) is 12.2. The van der Waals surface area contributed by atoms with Gasteiger partial charge in [0.2, 0.25) is 0 Å². The van der Waals surface area contributed by atoms with Crippen LogP contribution >= 0.6 is 0 Å². The second-order valence-electron chi connectivity index (χ2n) is 9.74. The molecule has 1 aliphatic rings. The molecule has 0 saturated carbocycles. The van der Waals surface area contributed by atoms with Crippen LogP contribution < -0.4 is 4.74 Å². The molecule has 1 aliphatic heterocycles. The van der Waals surface area contributed by atoms with Gasteiger partial charge in [0.15, 0.2) is 0 Å². The maximum absolute atomic E-state index is 15.6. The normalized spacial score (nSPS) is 21.4. The second-order valence-corrected chi connectivity index (χ2v) is 9.74. The molecule has 1 saturated heterocycles. The van der Waals surface area contributed by atoms with Gasteiger partial charge in [0.05, 0.1) is 13.2 Å².